The number of nitrogens with zero attached hydrogens (tertiary/aromatic N) is 6. The van der Waals surface area contributed by atoms with Crippen molar-refractivity contribution in [1.82, 2.24) is 29.8 Å². The molecule has 0 N–H and O–H groups in total. The fourth-order valence-electron chi connectivity index (χ4n) is 3.92. The summed E-state index contributed by atoms with van der Waals surface area (Å²) in [4.78, 5) is 23.5. The van der Waals surface area contributed by atoms with Gasteiger partial charge in [0.25, 0.3) is 5.91 Å². The van der Waals surface area contributed by atoms with E-state index in [9.17, 15) is 4.79 Å². The van der Waals surface area contributed by atoms with Crippen LogP contribution in [0.4, 0.5) is 0 Å². The molecule has 8 heteroatoms. The van der Waals surface area contributed by atoms with Gasteiger partial charge in [-0.2, -0.15) is 5.10 Å². The van der Waals surface area contributed by atoms with Crippen LogP contribution in [0, 0.1) is 19.8 Å². The molecule has 3 aromatic heterocycles. The first-order valence-corrected chi connectivity index (χ1v) is 9.53. The normalized spacial score (nSPS) is 17.1. The third-order valence-corrected chi connectivity index (χ3v) is 5.27. The Kier molecular flexibility index (Phi) is 4.93. The van der Waals surface area contributed by atoms with Crippen molar-refractivity contribution in [2.45, 2.75) is 33.1 Å². The van der Waals surface area contributed by atoms with Crippen LogP contribution in [0.1, 0.15) is 40.3 Å². The predicted octanol–water partition coefficient (Wildman–Crippen LogP) is 2.58. The molecule has 0 aliphatic carbocycles. The summed E-state index contributed by atoms with van der Waals surface area (Å²) in [5, 5.41) is 8.12. The van der Waals surface area contributed by atoms with E-state index in [1.807, 2.05) is 31.9 Å². The first kappa shape index (κ1) is 18.3. The molecule has 1 fully saturated rings. The summed E-state index contributed by atoms with van der Waals surface area (Å²) in [6.45, 7) is 5.33. The molecule has 1 atom stereocenters. The predicted molar refractivity (Wildman–Crippen MR) is 103 cm³/mol. The second-order valence-electron chi connectivity index (χ2n) is 7.46. The van der Waals surface area contributed by atoms with Gasteiger partial charge >= 0.3 is 0 Å². The molecule has 4 heterocycles. The fourth-order valence-corrected chi connectivity index (χ4v) is 3.92. The molecule has 1 aliphatic rings. The van der Waals surface area contributed by atoms with Crippen molar-refractivity contribution in [3.8, 4) is 11.3 Å². The lowest BCUT2D eigenvalue weighted by Crippen LogP contribution is -2.40. The molecule has 0 radical (unpaired) electrons. The number of hydrogen-bond donors (Lipinski definition) is 0. The Balaban J connectivity index is 1.47. The largest absolute Gasteiger partial charge is 0.361 e. The van der Waals surface area contributed by atoms with Gasteiger partial charge in [-0.25, -0.2) is 9.97 Å². The van der Waals surface area contributed by atoms with Crippen molar-refractivity contribution < 1.29 is 9.32 Å². The number of rotatable bonds is 4. The lowest BCUT2D eigenvalue weighted by Gasteiger charge is -2.32. The Morgan fingerprint density at radius 2 is 2.18 bits per heavy atom. The molecule has 1 saturated heterocycles. The molecule has 8 nitrogen and oxygen atoms in total. The van der Waals surface area contributed by atoms with Crippen LogP contribution in [0.15, 0.2) is 29.3 Å². The van der Waals surface area contributed by atoms with Crippen molar-refractivity contribution in [2.24, 2.45) is 13.0 Å². The van der Waals surface area contributed by atoms with Gasteiger partial charge in [-0.15, -0.1) is 0 Å². The van der Waals surface area contributed by atoms with Gasteiger partial charge in [0, 0.05) is 32.0 Å². The monoisotopic (exact) mass is 380 g/mol. The highest BCUT2D eigenvalue weighted by Gasteiger charge is 2.26. The SMILES string of the molecule is Cc1noc(C)c1-c1cc(C[C@@H]2CCCN(C(=O)c3cnn(C)c3)C2)ncn1. The first-order valence-electron chi connectivity index (χ1n) is 9.53. The minimum absolute atomic E-state index is 0.0527. The van der Waals surface area contributed by atoms with Gasteiger partial charge in [-0.1, -0.05) is 5.16 Å². The first-order chi connectivity index (χ1) is 13.5. The highest BCUT2D eigenvalue weighted by atomic mass is 16.5. The van der Waals surface area contributed by atoms with E-state index in [2.05, 4.69) is 20.2 Å². The number of aromatic nitrogens is 5. The number of carbonyl (C=O) groups is 1. The highest BCUT2D eigenvalue weighted by molar-refractivity contribution is 5.93. The fraction of sp³-hybridized carbons (Fsp3) is 0.450. The number of likely N-dealkylation sites (tertiary alicyclic amines) is 1. The smallest absolute Gasteiger partial charge is 0.257 e. The van der Waals surface area contributed by atoms with Crippen molar-refractivity contribution in [3.63, 3.8) is 0 Å². The number of piperidine rings is 1. The van der Waals surface area contributed by atoms with Crippen molar-refractivity contribution in [3.05, 3.63) is 47.5 Å². The van der Waals surface area contributed by atoms with Crippen molar-refractivity contribution in [1.29, 1.82) is 0 Å². The summed E-state index contributed by atoms with van der Waals surface area (Å²) in [7, 11) is 1.82. The molecule has 3 aromatic rings. The van der Waals surface area contributed by atoms with E-state index in [0.29, 0.717) is 11.5 Å². The zero-order chi connectivity index (χ0) is 19.7. The van der Waals surface area contributed by atoms with E-state index < -0.39 is 0 Å². The van der Waals surface area contributed by atoms with E-state index >= 15 is 0 Å². The third kappa shape index (κ3) is 3.67. The number of amides is 1. The maximum atomic E-state index is 12.7. The average Bonchev–Trinajstić information content (AvgIpc) is 3.27. The molecule has 1 aliphatic heterocycles. The molecule has 28 heavy (non-hydrogen) atoms. The summed E-state index contributed by atoms with van der Waals surface area (Å²) in [5.41, 5.74) is 4.21. The standard InChI is InChI=1S/C20H24N6O2/c1-13-19(14(2)28-24-13)18-8-17(21-12-22-18)7-15-5-4-6-26(10-15)20(27)16-9-23-25(3)11-16/h8-9,11-12,15H,4-7,10H2,1-3H3/t15-/m0/s1. The van der Waals surface area contributed by atoms with Gasteiger partial charge in [-0.3, -0.25) is 9.48 Å². The van der Waals surface area contributed by atoms with Gasteiger partial charge in [0.15, 0.2) is 0 Å². The third-order valence-electron chi connectivity index (χ3n) is 5.27. The summed E-state index contributed by atoms with van der Waals surface area (Å²) >= 11 is 0. The second-order valence-corrected chi connectivity index (χ2v) is 7.46. The van der Waals surface area contributed by atoms with Gasteiger partial charge < -0.3 is 9.42 Å². The summed E-state index contributed by atoms with van der Waals surface area (Å²) in [6.07, 6.45) is 7.89. The highest BCUT2D eigenvalue weighted by Crippen LogP contribution is 2.27. The second kappa shape index (κ2) is 7.53. The van der Waals surface area contributed by atoms with Gasteiger partial charge in [0.2, 0.25) is 0 Å². The topological polar surface area (TPSA) is 89.9 Å². The molecule has 146 valence electrons. The van der Waals surface area contributed by atoms with Gasteiger partial charge in [0.1, 0.15) is 12.1 Å². The van der Waals surface area contributed by atoms with Crippen LogP contribution in [-0.2, 0) is 13.5 Å². The lowest BCUT2D eigenvalue weighted by atomic mass is 9.92. The van der Waals surface area contributed by atoms with Crippen LogP contribution in [-0.4, -0.2) is 48.8 Å². The molecule has 0 saturated carbocycles. The maximum absolute atomic E-state index is 12.7. The van der Waals surface area contributed by atoms with Gasteiger partial charge in [-0.05, 0) is 45.1 Å². The van der Waals surface area contributed by atoms with Crippen LogP contribution < -0.4 is 0 Å². The summed E-state index contributed by atoms with van der Waals surface area (Å²) < 4.78 is 6.92. The van der Waals surface area contributed by atoms with E-state index in [1.54, 1.807) is 23.4 Å². The molecule has 0 bridgehead atoms. The molecule has 1 amide bonds. The quantitative estimate of drug-likeness (QED) is 0.691. The van der Waals surface area contributed by atoms with Crippen molar-refractivity contribution in [2.75, 3.05) is 13.1 Å². The molecule has 0 aromatic carbocycles. The summed E-state index contributed by atoms with van der Waals surface area (Å²) in [5.74, 6) is 1.19. The maximum Gasteiger partial charge on any atom is 0.257 e. The molecular weight excluding hydrogens is 356 g/mol. The minimum atomic E-state index is 0.0527. The van der Waals surface area contributed by atoms with Crippen molar-refractivity contribution >= 4 is 5.91 Å². The Hall–Kier alpha value is -3.03. The van der Waals surface area contributed by atoms with Crippen LogP contribution in [0.5, 0.6) is 0 Å². The van der Waals surface area contributed by atoms with Crippen LogP contribution in [0.3, 0.4) is 0 Å². The molecule has 4 rings (SSSR count). The van der Waals surface area contributed by atoms with Gasteiger partial charge in [0.05, 0.1) is 28.7 Å². The number of carbonyl (C=O) groups excluding carboxylic acids is 1. The molecular formula is C20H24N6O2. The minimum Gasteiger partial charge on any atom is -0.361 e. The van der Waals surface area contributed by atoms with Crippen LogP contribution >= 0.6 is 0 Å². The molecule has 0 unspecified atom stereocenters. The zero-order valence-corrected chi connectivity index (χ0v) is 16.4. The Labute approximate surface area is 163 Å². The zero-order valence-electron chi connectivity index (χ0n) is 16.4. The van der Waals surface area contributed by atoms with E-state index in [1.165, 1.54) is 0 Å². The van der Waals surface area contributed by atoms with E-state index in [-0.39, 0.29) is 5.91 Å². The Morgan fingerprint density at radius 1 is 1.32 bits per heavy atom. The lowest BCUT2D eigenvalue weighted by molar-refractivity contribution is 0.0672. The van der Waals surface area contributed by atoms with Crippen LogP contribution in [0.2, 0.25) is 0 Å². The average molecular weight is 380 g/mol. The Bertz CT molecular complexity index is 973. The summed E-state index contributed by atoms with van der Waals surface area (Å²) in [6, 6.07) is 2.01. The number of aryl methyl sites for hydroxylation is 3. The number of hydrogen-bond acceptors (Lipinski definition) is 6. The van der Waals surface area contributed by atoms with Crippen LogP contribution in [0.25, 0.3) is 11.3 Å². The van der Waals surface area contributed by atoms with E-state index in [0.717, 1.165) is 60.8 Å². The Morgan fingerprint density at radius 3 is 2.89 bits per heavy atom. The molecule has 0 spiro atoms. The van der Waals surface area contributed by atoms with E-state index in [4.69, 9.17) is 4.52 Å².